The van der Waals surface area contributed by atoms with Gasteiger partial charge in [-0.05, 0) is 36.2 Å². The highest BCUT2D eigenvalue weighted by molar-refractivity contribution is 5.19. The van der Waals surface area contributed by atoms with Crippen molar-refractivity contribution in [3.8, 4) is 0 Å². The highest BCUT2D eigenvalue weighted by Gasteiger charge is 2.15. The van der Waals surface area contributed by atoms with Crippen LogP contribution in [0.3, 0.4) is 0 Å². The van der Waals surface area contributed by atoms with Crippen molar-refractivity contribution < 1.29 is 0 Å². The zero-order valence-corrected chi connectivity index (χ0v) is 10.5. The van der Waals surface area contributed by atoms with E-state index < -0.39 is 0 Å². The lowest BCUT2D eigenvalue weighted by Gasteiger charge is -2.22. The molecule has 0 aromatic heterocycles. The van der Waals surface area contributed by atoms with Gasteiger partial charge >= 0.3 is 0 Å². The van der Waals surface area contributed by atoms with Crippen LogP contribution < -0.4 is 0 Å². The average Bonchev–Trinajstić information content (AvgIpc) is 2.17. The van der Waals surface area contributed by atoms with Gasteiger partial charge in [0.1, 0.15) is 0 Å². The molecule has 1 aromatic carbocycles. The quantitative estimate of drug-likeness (QED) is 0.660. The summed E-state index contributed by atoms with van der Waals surface area (Å²) in [6, 6.07) is 10.8. The van der Waals surface area contributed by atoms with Gasteiger partial charge in [-0.2, -0.15) is 0 Å². The van der Waals surface area contributed by atoms with Crippen LogP contribution in [0.5, 0.6) is 0 Å². The van der Waals surface area contributed by atoms with Crippen molar-refractivity contribution in [3.05, 3.63) is 41.8 Å². The normalized spacial score (nSPS) is 11.7. The Labute approximate surface area is 94.7 Å². The first-order valence-electron chi connectivity index (χ1n) is 5.98. The Hall–Kier alpha value is -0.780. The number of benzene rings is 1. The number of hydrogen-bond acceptors (Lipinski definition) is 0. The third kappa shape index (κ3) is 4.51. The van der Waals surface area contributed by atoms with Crippen molar-refractivity contribution in [1.29, 1.82) is 0 Å². The summed E-state index contributed by atoms with van der Waals surface area (Å²) < 4.78 is 0. The van der Waals surface area contributed by atoms with Gasteiger partial charge in [0.2, 0.25) is 0 Å². The molecule has 0 N–H and O–H groups in total. The summed E-state index contributed by atoms with van der Waals surface area (Å²) in [6.07, 6.45) is 2.41. The lowest BCUT2D eigenvalue weighted by molar-refractivity contribution is 0.496. The van der Waals surface area contributed by atoms with E-state index in [1.807, 2.05) is 0 Å². The molecule has 1 rings (SSSR count). The minimum absolute atomic E-state index is 0.701. The zero-order chi connectivity index (χ0) is 11.3. The van der Waals surface area contributed by atoms with E-state index in [2.05, 4.69) is 58.0 Å². The van der Waals surface area contributed by atoms with E-state index >= 15 is 0 Å². The van der Waals surface area contributed by atoms with Crippen molar-refractivity contribution >= 4 is 0 Å². The van der Waals surface area contributed by atoms with Gasteiger partial charge in [0.25, 0.3) is 0 Å². The second kappa shape index (κ2) is 5.95. The molecule has 0 fully saturated rings. The first kappa shape index (κ1) is 12.3. The van der Waals surface area contributed by atoms with Gasteiger partial charge in [0.15, 0.2) is 0 Å². The van der Waals surface area contributed by atoms with Gasteiger partial charge in [-0.1, -0.05) is 58.0 Å². The monoisotopic (exact) mass is 203 g/mol. The molecule has 0 atom stereocenters. The molecule has 1 radical (unpaired) electrons. The Morgan fingerprint density at radius 3 is 2.07 bits per heavy atom. The maximum atomic E-state index is 2.31. The molecule has 0 saturated heterocycles. The Morgan fingerprint density at radius 1 is 1.00 bits per heavy atom. The third-order valence-electron chi connectivity index (χ3n) is 2.76. The molecule has 0 aliphatic rings. The lowest BCUT2D eigenvalue weighted by atomic mass is 9.83. The minimum atomic E-state index is 0.701. The van der Waals surface area contributed by atoms with Crippen molar-refractivity contribution in [3.63, 3.8) is 0 Å². The van der Waals surface area contributed by atoms with Crippen LogP contribution in [-0.4, -0.2) is 0 Å². The average molecular weight is 203 g/mol. The predicted molar refractivity (Wildman–Crippen MR) is 67.7 cm³/mol. The molecule has 0 nitrogen and oxygen atoms in total. The van der Waals surface area contributed by atoms with Crippen LogP contribution in [0, 0.1) is 17.8 Å². The predicted octanol–water partition coefficient (Wildman–Crippen LogP) is 4.51. The van der Waals surface area contributed by atoms with Crippen molar-refractivity contribution in [1.82, 2.24) is 0 Å². The van der Waals surface area contributed by atoms with Crippen LogP contribution in [0.25, 0.3) is 0 Å². The number of hydrogen-bond donors (Lipinski definition) is 0. The summed E-state index contributed by atoms with van der Waals surface area (Å²) in [7, 11) is 0. The first-order valence-corrected chi connectivity index (χ1v) is 5.98. The highest BCUT2D eigenvalue weighted by Crippen LogP contribution is 2.26. The molecule has 0 saturated carbocycles. The SMILES string of the molecule is CC(C)C[C](Cc1ccccc1)C(C)C. The molecular weight excluding hydrogens is 180 g/mol. The largest absolute Gasteiger partial charge is 0.0628 e. The maximum absolute atomic E-state index is 2.31. The van der Waals surface area contributed by atoms with E-state index in [0.717, 1.165) is 12.3 Å². The molecule has 1 aromatic rings. The summed E-state index contributed by atoms with van der Waals surface area (Å²) in [5, 5.41) is 0. The Bertz CT molecular complexity index is 259. The molecule has 0 heteroatoms. The molecular formula is C15H23. The smallest absolute Gasteiger partial charge is 0.0169 e. The summed E-state index contributed by atoms with van der Waals surface area (Å²) >= 11 is 0. The van der Waals surface area contributed by atoms with Crippen LogP contribution in [0.1, 0.15) is 39.7 Å². The van der Waals surface area contributed by atoms with E-state index in [0.29, 0.717) is 5.92 Å². The standard InChI is InChI=1S/C15H23/c1-12(2)10-15(13(3)4)11-14-8-6-5-7-9-14/h5-9,12-13H,10-11H2,1-4H3. The molecule has 15 heavy (non-hydrogen) atoms. The Morgan fingerprint density at radius 2 is 1.60 bits per heavy atom. The Balaban J connectivity index is 2.59. The molecule has 0 bridgehead atoms. The fourth-order valence-corrected chi connectivity index (χ4v) is 1.89. The van der Waals surface area contributed by atoms with E-state index in [1.165, 1.54) is 12.0 Å². The van der Waals surface area contributed by atoms with E-state index in [-0.39, 0.29) is 0 Å². The number of rotatable bonds is 5. The van der Waals surface area contributed by atoms with Crippen LogP contribution in [-0.2, 0) is 6.42 Å². The zero-order valence-electron chi connectivity index (χ0n) is 10.5. The second-order valence-corrected chi connectivity index (χ2v) is 5.07. The molecule has 0 amide bonds. The van der Waals surface area contributed by atoms with Crippen molar-refractivity contribution in [2.45, 2.75) is 40.5 Å². The van der Waals surface area contributed by atoms with E-state index in [1.54, 1.807) is 5.92 Å². The van der Waals surface area contributed by atoms with Crippen molar-refractivity contribution in [2.24, 2.45) is 11.8 Å². The van der Waals surface area contributed by atoms with Gasteiger partial charge < -0.3 is 0 Å². The topological polar surface area (TPSA) is 0 Å². The molecule has 0 heterocycles. The van der Waals surface area contributed by atoms with Gasteiger partial charge in [-0.25, -0.2) is 0 Å². The van der Waals surface area contributed by atoms with Crippen molar-refractivity contribution in [2.75, 3.05) is 0 Å². The molecule has 0 aliphatic carbocycles. The lowest BCUT2D eigenvalue weighted by Crippen LogP contribution is -2.12. The van der Waals surface area contributed by atoms with Crippen LogP contribution >= 0.6 is 0 Å². The fourth-order valence-electron chi connectivity index (χ4n) is 1.89. The summed E-state index contributed by atoms with van der Waals surface area (Å²) in [4.78, 5) is 0. The van der Waals surface area contributed by atoms with E-state index in [9.17, 15) is 0 Å². The second-order valence-electron chi connectivity index (χ2n) is 5.07. The first-order chi connectivity index (χ1) is 7.09. The fraction of sp³-hybridized carbons (Fsp3) is 0.533. The van der Waals surface area contributed by atoms with E-state index in [4.69, 9.17) is 0 Å². The van der Waals surface area contributed by atoms with Gasteiger partial charge in [0, 0.05) is 0 Å². The summed E-state index contributed by atoms with van der Waals surface area (Å²) in [6.45, 7) is 9.21. The highest BCUT2D eigenvalue weighted by atomic mass is 14.2. The summed E-state index contributed by atoms with van der Waals surface area (Å²) in [5.74, 6) is 3.15. The van der Waals surface area contributed by atoms with Gasteiger partial charge in [-0.3, -0.25) is 0 Å². The molecule has 0 spiro atoms. The van der Waals surface area contributed by atoms with Gasteiger partial charge in [0.05, 0.1) is 0 Å². The summed E-state index contributed by atoms with van der Waals surface area (Å²) in [5.41, 5.74) is 1.45. The molecule has 0 aliphatic heterocycles. The van der Waals surface area contributed by atoms with Crippen LogP contribution in [0.2, 0.25) is 0 Å². The third-order valence-corrected chi connectivity index (χ3v) is 2.76. The molecule has 0 unspecified atom stereocenters. The maximum Gasteiger partial charge on any atom is -0.0169 e. The minimum Gasteiger partial charge on any atom is -0.0628 e. The Kier molecular flexibility index (Phi) is 4.87. The van der Waals surface area contributed by atoms with Crippen LogP contribution in [0.4, 0.5) is 0 Å². The van der Waals surface area contributed by atoms with Gasteiger partial charge in [-0.15, -0.1) is 0 Å². The molecule has 83 valence electrons. The van der Waals surface area contributed by atoms with Crippen LogP contribution in [0.15, 0.2) is 30.3 Å².